The summed E-state index contributed by atoms with van der Waals surface area (Å²) in [4.78, 5) is 39.0. The lowest BCUT2D eigenvalue weighted by atomic mass is 10.1. The van der Waals surface area contributed by atoms with Gasteiger partial charge in [0.05, 0.1) is 24.1 Å². The van der Waals surface area contributed by atoms with Gasteiger partial charge in [-0.05, 0) is 45.0 Å². The molecule has 0 saturated carbocycles. The second kappa shape index (κ2) is 10.4. The van der Waals surface area contributed by atoms with Crippen molar-refractivity contribution < 1.29 is 4.79 Å². The van der Waals surface area contributed by atoms with Crippen LogP contribution in [0.5, 0.6) is 0 Å². The second-order valence-corrected chi connectivity index (χ2v) is 7.84. The van der Waals surface area contributed by atoms with Crippen LogP contribution in [0.15, 0.2) is 29.5 Å². The van der Waals surface area contributed by atoms with Crippen LogP contribution < -0.4 is 10.9 Å². The van der Waals surface area contributed by atoms with Crippen molar-refractivity contribution in [2.45, 2.75) is 33.7 Å². The molecule has 1 amide bonds. The number of pyridine rings is 1. The Morgan fingerprint density at radius 2 is 1.83 bits per heavy atom. The van der Waals surface area contributed by atoms with Crippen LogP contribution in [-0.2, 0) is 6.54 Å². The van der Waals surface area contributed by atoms with Gasteiger partial charge in [0.25, 0.3) is 11.5 Å². The molecule has 0 unspecified atom stereocenters. The molecule has 3 heterocycles. The first-order valence-corrected chi connectivity index (χ1v) is 10.7. The molecule has 30 heavy (non-hydrogen) atoms. The predicted molar refractivity (Wildman–Crippen MR) is 117 cm³/mol. The molecule has 162 valence electrons. The van der Waals surface area contributed by atoms with Crippen molar-refractivity contribution in [3.63, 3.8) is 0 Å². The Bertz CT molecular complexity index is 901. The van der Waals surface area contributed by atoms with Crippen molar-refractivity contribution in [1.29, 1.82) is 0 Å². The molecule has 8 nitrogen and oxygen atoms in total. The SMILES string of the molecule is CCN1CCN(CCCNC(=O)c2c(C)ccn(Cc3cnc(C)cn3)c2=O)CC1. The zero-order valence-electron chi connectivity index (χ0n) is 18.2. The van der Waals surface area contributed by atoms with E-state index in [2.05, 4.69) is 32.0 Å². The number of amides is 1. The zero-order chi connectivity index (χ0) is 21.5. The molecule has 1 aliphatic heterocycles. The smallest absolute Gasteiger partial charge is 0.264 e. The van der Waals surface area contributed by atoms with Crippen LogP contribution in [0.1, 0.15) is 40.7 Å². The fraction of sp³-hybridized carbons (Fsp3) is 0.545. The lowest BCUT2D eigenvalue weighted by Crippen LogP contribution is -2.46. The van der Waals surface area contributed by atoms with E-state index in [9.17, 15) is 9.59 Å². The summed E-state index contributed by atoms with van der Waals surface area (Å²) in [5.41, 5.74) is 2.09. The van der Waals surface area contributed by atoms with Crippen LogP contribution >= 0.6 is 0 Å². The van der Waals surface area contributed by atoms with E-state index >= 15 is 0 Å². The fourth-order valence-corrected chi connectivity index (χ4v) is 3.66. The van der Waals surface area contributed by atoms with Gasteiger partial charge in [-0.25, -0.2) is 0 Å². The minimum absolute atomic E-state index is 0.203. The molecule has 1 fully saturated rings. The number of carbonyl (C=O) groups is 1. The molecule has 0 spiro atoms. The maximum atomic E-state index is 12.9. The van der Waals surface area contributed by atoms with Crippen molar-refractivity contribution in [1.82, 2.24) is 29.7 Å². The summed E-state index contributed by atoms with van der Waals surface area (Å²) in [7, 11) is 0. The lowest BCUT2D eigenvalue weighted by Gasteiger charge is -2.33. The van der Waals surface area contributed by atoms with Crippen LogP contribution in [0.4, 0.5) is 0 Å². The van der Waals surface area contributed by atoms with E-state index in [0.717, 1.165) is 51.4 Å². The van der Waals surface area contributed by atoms with Gasteiger partial charge in [-0.3, -0.25) is 19.6 Å². The largest absolute Gasteiger partial charge is 0.352 e. The van der Waals surface area contributed by atoms with Crippen molar-refractivity contribution in [2.75, 3.05) is 45.8 Å². The second-order valence-electron chi connectivity index (χ2n) is 7.84. The van der Waals surface area contributed by atoms with E-state index in [1.807, 2.05) is 6.92 Å². The first-order valence-electron chi connectivity index (χ1n) is 10.7. The average molecular weight is 413 g/mol. The van der Waals surface area contributed by atoms with Crippen LogP contribution in [0.3, 0.4) is 0 Å². The van der Waals surface area contributed by atoms with E-state index in [1.165, 1.54) is 4.57 Å². The maximum absolute atomic E-state index is 12.9. The normalized spacial score (nSPS) is 15.3. The van der Waals surface area contributed by atoms with E-state index in [-0.39, 0.29) is 23.6 Å². The number of carbonyl (C=O) groups excluding carboxylic acids is 1. The fourth-order valence-electron chi connectivity index (χ4n) is 3.66. The van der Waals surface area contributed by atoms with Crippen LogP contribution in [0.2, 0.25) is 0 Å². The number of nitrogens with one attached hydrogen (secondary N) is 1. The Morgan fingerprint density at radius 3 is 2.50 bits per heavy atom. The zero-order valence-corrected chi connectivity index (χ0v) is 18.2. The number of aryl methyl sites for hydroxylation is 2. The number of hydrogen-bond donors (Lipinski definition) is 1. The molecular formula is C22H32N6O2. The highest BCUT2D eigenvalue weighted by Crippen LogP contribution is 2.05. The van der Waals surface area contributed by atoms with E-state index in [0.29, 0.717) is 17.8 Å². The number of piperazine rings is 1. The van der Waals surface area contributed by atoms with Crippen molar-refractivity contribution in [2.24, 2.45) is 0 Å². The summed E-state index contributed by atoms with van der Waals surface area (Å²) in [5, 5.41) is 2.92. The Kier molecular flexibility index (Phi) is 7.70. The summed E-state index contributed by atoms with van der Waals surface area (Å²) in [6.07, 6.45) is 5.90. The van der Waals surface area contributed by atoms with Gasteiger partial charge < -0.3 is 19.7 Å². The highest BCUT2D eigenvalue weighted by molar-refractivity contribution is 5.95. The predicted octanol–water partition coefficient (Wildman–Crippen LogP) is 1.06. The number of rotatable bonds is 8. The molecule has 2 aromatic heterocycles. The molecule has 1 saturated heterocycles. The van der Waals surface area contributed by atoms with Gasteiger partial charge in [0.15, 0.2) is 0 Å². The topological polar surface area (TPSA) is 83.4 Å². The van der Waals surface area contributed by atoms with Gasteiger partial charge in [-0.15, -0.1) is 0 Å². The molecule has 1 N–H and O–H groups in total. The Balaban J connectivity index is 1.55. The minimum Gasteiger partial charge on any atom is -0.352 e. The highest BCUT2D eigenvalue weighted by atomic mass is 16.2. The van der Waals surface area contributed by atoms with Crippen molar-refractivity contribution in [3.8, 4) is 0 Å². The van der Waals surface area contributed by atoms with Gasteiger partial charge in [0, 0.05) is 45.1 Å². The number of nitrogens with zero attached hydrogens (tertiary/aromatic N) is 5. The molecule has 2 aromatic rings. The standard InChI is InChI=1S/C22H32N6O2/c1-4-26-10-12-27(13-11-26)8-5-7-23-21(29)20-17(2)6-9-28(22(20)30)16-19-15-24-18(3)14-25-19/h6,9,14-15H,4-5,7-8,10-13,16H2,1-3H3,(H,23,29). The first kappa shape index (κ1) is 22.1. The lowest BCUT2D eigenvalue weighted by molar-refractivity contribution is 0.0945. The highest BCUT2D eigenvalue weighted by Gasteiger charge is 2.17. The molecule has 0 bridgehead atoms. The van der Waals surface area contributed by atoms with E-state index in [4.69, 9.17) is 0 Å². The summed E-state index contributed by atoms with van der Waals surface area (Å²) >= 11 is 0. The maximum Gasteiger partial charge on any atom is 0.264 e. The summed E-state index contributed by atoms with van der Waals surface area (Å²) in [5.74, 6) is -0.308. The quantitative estimate of drug-likeness (QED) is 0.653. The molecule has 0 aromatic carbocycles. The number of aromatic nitrogens is 3. The Labute approximate surface area is 177 Å². The van der Waals surface area contributed by atoms with Gasteiger partial charge in [-0.1, -0.05) is 6.92 Å². The van der Waals surface area contributed by atoms with Gasteiger partial charge >= 0.3 is 0 Å². The van der Waals surface area contributed by atoms with Crippen LogP contribution in [0.25, 0.3) is 0 Å². The van der Waals surface area contributed by atoms with Crippen LogP contribution in [0, 0.1) is 13.8 Å². The average Bonchev–Trinajstić information content (AvgIpc) is 2.75. The number of likely N-dealkylation sites (N-methyl/N-ethyl adjacent to an activating group) is 1. The molecule has 1 aliphatic rings. The van der Waals surface area contributed by atoms with Crippen molar-refractivity contribution in [3.05, 3.63) is 57.5 Å². The van der Waals surface area contributed by atoms with Gasteiger partial charge in [0.1, 0.15) is 5.56 Å². The molecular weight excluding hydrogens is 380 g/mol. The number of hydrogen-bond acceptors (Lipinski definition) is 6. The van der Waals surface area contributed by atoms with Gasteiger partial charge in [-0.2, -0.15) is 0 Å². The van der Waals surface area contributed by atoms with Crippen LogP contribution in [-0.4, -0.2) is 76.1 Å². The third kappa shape index (κ3) is 5.73. The molecule has 8 heteroatoms. The molecule has 0 aliphatic carbocycles. The minimum atomic E-state index is -0.308. The molecule has 0 atom stereocenters. The van der Waals surface area contributed by atoms with Crippen molar-refractivity contribution >= 4 is 5.91 Å². The Hall–Kier alpha value is -2.58. The third-order valence-corrected chi connectivity index (χ3v) is 5.62. The summed E-state index contributed by atoms with van der Waals surface area (Å²) in [6.45, 7) is 13.1. The van der Waals surface area contributed by atoms with Gasteiger partial charge in [0.2, 0.25) is 0 Å². The molecule has 3 rings (SSSR count). The Morgan fingerprint density at radius 1 is 1.10 bits per heavy atom. The first-order chi connectivity index (χ1) is 14.5. The molecule has 0 radical (unpaired) electrons. The van der Waals surface area contributed by atoms with E-state index in [1.54, 1.807) is 31.6 Å². The summed E-state index contributed by atoms with van der Waals surface area (Å²) in [6, 6.07) is 1.80. The van der Waals surface area contributed by atoms with E-state index < -0.39 is 0 Å². The summed E-state index contributed by atoms with van der Waals surface area (Å²) < 4.78 is 1.51. The monoisotopic (exact) mass is 412 g/mol. The third-order valence-electron chi connectivity index (χ3n) is 5.62.